The zero-order chi connectivity index (χ0) is 17.7. The third kappa shape index (κ3) is 4.54. The standard InChI is InChI=1S/C19H21N3O2S/c1-19(10-11-25-18(20)22-19)14-6-5-9-16(12-14)24-13-17(23)21-15-7-3-2-4-8-15/h2-9,12H,10-11,13H2,1H3,(H2,20,22)(H,21,23). The van der Waals surface area contributed by atoms with Gasteiger partial charge in [0.05, 0.1) is 5.54 Å². The first-order valence-corrected chi connectivity index (χ1v) is 9.10. The number of para-hydroxylation sites is 1. The maximum absolute atomic E-state index is 12.0. The lowest BCUT2D eigenvalue weighted by molar-refractivity contribution is -0.118. The van der Waals surface area contributed by atoms with Gasteiger partial charge < -0.3 is 15.8 Å². The van der Waals surface area contributed by atoms with Gasteiger partial charge in [-0.1, -0.05) is 42.1 Å². The molecule has 1 aliphatic rings. The fraction of sp³-hybridized carbons (Fsp3) is 0.263. The lowest BCUT2D eigenvalue weighted by atomic mass is 9.90. The number of nitrogens with one attached hydrogen (secondary N) is 1. The molecular weight excluding hydrogens is 334 g/mol. The first kappa shape index (κ1) is 17.4. The van der Waals surface area contributed by atoms with Gasteiger partial charge in [0.1, 0.15) is 5.75 Å². The predicted octanol–water partition coefficient (Wildman–Crippen LogP) is 3.37. The number of thioether (sulfide) groups is 1. The van der Waals surface area contributed by atoms with Crippen LogP contribution in [0.4, 0.5) is 5.69 Å². The molecule has 0 bridgehead atoms. The van der Waals surface area contributed by atoms with E-state index < -0.39 is 0 Å². The number of ether oxygens (including phenoxy) is 1. The normalized spacial score (nSPS) is 19.8. The molecule has 1 atom stereocenters. The number of anilines is 1. The minimum atomic E-state index is -0.346. The monoisotopic (exact) mass is 355 g/mol. The summed E-state index contributed by atoms with van der Waals surface area (Å²) < 4.78 is 5.65. The van der Waals surface area contributed by atoms with Crippen LogP contribution in [0.2, 0.25) is 0 Å². The molecule has 0 spiro atoms. The molecule has 25 heavy (non-hydrogen) atoms. The number of nitrogens with zero attached hydrogens (tertiary/aromatic N) is 1. The Labute approximate surface area is 151 Å². The summed E-state index contributed by atoms with van der Waals surface area (Å²) in [6, 6.07) is 17.0. The first-order chi connectivity index (χ1) is 12.0. The highest BCUT2D eigenvalue weighted by molar-refractivity contribution is 8.13. The van der Waals surface area contributed by atoms with Gasteiger partial charge in [0.2, 0.25) is 0 Å². The van der Waals surface area contributed by atoms with Crippen molar-refractivity contribution in [2.45, 2.75) is 18.9 Å². The Kier molecular flexibility index (Phi) is 5.28. The maximum atomic E-state index is 12.0. The van der Waals surface area contributed by atoms with Gasteiger partial charge in [0.15, 0.2) is 11.8 Å². The zero-order valence-electron chi connectivity index (χ0n) is 14.1. The van der Waals surface area contributed by atoms with Gasteiger partial charge in [-0.15, -0.1) is 0 Å². The minimum absolute atomic E-state index is 0.0453. The maximum Gasteiger partial charge on any atom is 0.262 e. The van der Waals surface area contributed by atoms with Crippen LogP contribution in [0, 0.1) is 0 Å². The second-order valence-electron chi connectivity index (χ2n) is 6.05. The molecule has 0 radical (unpaired) electrons. The number of amides is 1. The summed E-state index contributed by atoms with van der Waals surface area (Å²) in [7, 11) is 0. The molecule has 5 nitrogen and oxygen atoms in total. The van der Waals surface area contributed by atoms with Crippen LogP contribution in [-0.2, 0) is 10.3 Å². The lowest BCUT2D eigenvalue weighted by Crippen LogP contribution is -2.28. The largest absolute Gasteiger partial charge is 0.484 e. The van der Waals surface area contributed by atoms with E-state index in [0.717, 1.165) is 23.4 Å². The minimum Gasteiger partial charge on any atom is -0.484 e. The first-order valence-electron chi connectivity index (χ1n) is 8.11. The number of benzene rings is 2. The van der Waals surface area contributed by atoms with E-state index in [1.165, 1.54) is 0 Å². The number of rotatable bonds is 5. The van der Waals surface area contributed by atoms with Crippen LogP contribution in [0.3, 0.4) is 0 Å². The molecule has 0 saturated heterocycles. The molecule has 1 aliphatic heterocycles. The van der Waals surface area contributed by atoms with Crippen LogP contribution in [0.15, 0.2) is 59.6 Å². The number of carbonyl (C=O) groups excluding carboxylic acids is 1. The summed E-state index contributed by atoms with van der Waals surface area (Å²) in [5.41, 5.74) is 7.33. The van der Waals surface area contributed by atoms with Gasteiger partial charge in [0, 0.05) is 11.4 Å². The van der Waals surface area contributed by atoms with E-state index >= 15 is 0 Å². The van der Waals surface area contributed by atoms with Gasteiger partial charge in [0.25, 0.3) is 5.91 Å². The topological polar surface area (TPSA) is 76.7 Å². The van der Waals surface area contributed by atoms with Gasteiger partial charge in [-0.2, -0.15) is 0 Å². The average Bonchev–Trinajstić information content (AvgIpc) is 2.61. The molecule has 6 heteroatoms. The van der Waals surface area contributed by atoms with Gasteiger partial charge >= 0.3 is 0 Å². The Balaban J connectivity index is 1.64. The highest BCUT2D eigenvalue weighted by Crippen LogP contribution is 2.36. The van der Waals surface area contributed by atoms with Crippen molar-refractivity contribution in [3.05, 3.63) is 60.2 Å². The second kappa shape index (κ2) is 7.61. The Hall–Kier alpha value is -2.47. The number of carbonyl (C=O) groups is 1. The average molecular weight is 355 g/mol. The van der Waals surface area contributed by atoms with Crippen molar-refractivity contribution in [3.8, 4) is 5.75 Å². The summed E-state index contributed by atoms with van der Waals surface area (Å²) in [5, 5.41) is 3.41. The number of aliphatic imine (C=N–C) groups is 1. The van der Waals surface area contributed by atoms with Crippen molar-refractivity contribution in [2.75, 3.05) is 17.7 Å². The molecular formula is C19H21N3O2S. The predicted molar refractivity (Wildman–Crippen MR) is 103 cm³/mol. The molecule has 3 rings (SSSR count). The summed E-state index contributed by atoms with van der Waals surface area (Å²) in [4.78, 5) is 16.6. The Morgan fingerprint density at radius 2 is 2.08 bits per heavy atom. The number of hydrogen-bond donors (Lipinski definition) is 2. The van der Waals surface area contributed by atoms with Gasteiger partial charge in [-0.25, -0.2) is 0 Å². The van der Waals surface area contributed by atoms with Crippen LogP contribution in [0.25, 0.3) is 0 Å². The Morgan fingerprint density at radius 3 is 2.84 bits per heavy atom. The Bertz CT molecular complexity index is 779. The van der Waals surface area contributed by atoms with E-state index in [9.17, 15) is 4.79 Å². The summed E-state index contributed by atoms with van der Waals surface area (Å²) >= 11 is 1.58. The molecule has 2 aromatic carbocycles. The van der Waals surface area contributed by atoms with Crippen molar-refractivity contribution in [2.24, 2.45) is 10.7 Å². The number of amidine groups is 1. The number of hydrogen-bond acceptors (Lipinski definition) is 5. The SMILES string of the molecule is CC1(c2cccc(OCC(=O)Nc3ccccc3)c2)CCSC(N)=N1. The van der Waals surface area contributed by atoms with Crippen molar-refractivity contribution < 1.29 is 9.53 Å². The summed E-state index contributed by atoms with van der Waals surface area (Å²) in [5.74, 6) is 1.39. The molecule has 3 N–H and O–H groups in total. The van der Waals surface area contributed by atoms with Crippen molar-refractivity contribution >= 4 is 28.5 Å². The molecule has 2 aromatic rings. The fourth-order valence-corrected chi connectivity index (χ4v) is 3.66. The third-order valence-corrected chi connectivity index (χ3v) is 4.87. The molecule has 130 valence electrons. The molecule has 1 unspecified atom stereocenters. The zero-order valence-corrected chi connectivity index (χ0v) is 14.9. The molecule has 1 heterocycles. The van der Waals surface area contributed by atoms with Crippen molar-refractivity contribution in [1.29, 1.82) is 0 Å². The van der Waals surface area contributed by atoms with Crippen molar-refractivity contribution in [3.63, 3.8) is 0 Å². The summed E-state index contributed by atoms with van der Waals surface area (Å²) in [6.07, 6.45) is 0.913. The van der Waals surface area contributed by atoms with E-state index in [0.29, 0.717) is 10.9 Å². The van der Waals surface area contributed by atoms with Crippen LogP contribution in [-0.4, -0.2) is 23.4 Å². The molecule has 0 saturated carbocycles. The molecule has 0 aromatic heterocycles. The van der Waals surface area contributed by atoms with Crippen LogP contribution < -0.4 is 15.8 Å². The van der Waals surface area contributed by atoms with Crippen LogP contribution >= 0.6 is 11.8 Å². The second-order valence-corrected chi connectivity index (χ2v) is 7.17. The van der Waals surface area contributed by atoms with Crippen LogP contribution in [0.5, 0.6) is 5.75 Å². The van der Waals surface area contributed by atoms with E-state index in [-0.39, 0.29) is 18.1 Å². The Morgan fingerprint density at radius 1 is 1.28 bits per heavy atom. The molecule has 0 aliphatic carbocycles. The van der Waals surface area contributed by atoms with E-state index in [4.69, 9.17) is 10.5 Å². The van der Waals surface area contributed by atoms with Crippen molar-refractivity contribution in [1.82, 2.24) is 0 Å². The highest BCUT2D eigenvalue weighted by Gasteiger charge is 2.29. The summed E-state index contributed by atoms with van der Waals surface area (Å²) in [6.45, 7) is 2.02. The highest BCUT2D eigenvalue weighted by atomic mass is 32.2. The smallest absolute Gasteiger partial charge is 0.262 e. The van der Waals surface area contributed by atoms with Gasteiger partial charge in [-0.3, -0.25) is 9.79 Å². The van der Waals surface area contributed by atoms with Crippen LogP contribution in [0.1, 0.15) is 18.9 Å². The van der Waals surface area contributed by atoms with E-state index in [1.807, 2.05) is 54.6 Å². The van der Waals surface area contributed by atoms with E-state index in [2.05, 4.69) is 17.2 Å². The molecule has 0 fully saturated rings. The van der Waals surface area contributed by atoms with Gasteiger partial charge in [-0.05, 0) is 43.2 Å². The quantitative estimate of drug-likeness (QED) is 0.862. The lowest BCUT2D eigenvalue weighted by Gasteiger charge is -2.30. The fourth-order valence-electron chi connectivity index (χ4n) is 2.68. The third-order valence-electron chi connectivity index (χ3n) is 4.08. The molecule has 1 amide bonds. The number of nitrogens with two attached hydrogens (primary N) is 1. The van der Waals surface area contributed by atoms with E-state index in [1.54, 1.807) is 11.8 Å².